The average Bonchev–Trinajstić information content (AvgIpc) is 2.61. The van der Waals surface area contributed by atoms with Crippen molar-refractivity contribution < 1.29 is 9.50 Å². The monoisotopic (exact) mass is 380 g/mol. The Hall–Kier alpha value is -1.27. The third-order valence-corrected chi connectivity index (χ3v) is 5.65. The molecule has 0 spiro atoms. The van der Waals surface area contributed by atoms with E-state index in [1.54, 1.807) is 17.8 Å². The number of anilines is 1. The van der Waals surface area contributed by atoms with Crippen LogP contribution in [0.4, 0.5) is 10.1 Å². The van der Waals surface area contributed by atoms with Gasteiger partial charge in [-0.2, -0.15) is 0 Å². The van der Waals surface area contributed by atoms with Crippen molar-refractivity contribution in [2.45, 2.75) is 11.0 Å². The van der Waals surface area contributed by atoms with Crippen LogP contribution in [-0.2, 0) is 0 Å². The Morgan fingerprint density at radius 2 is 1.84 bits per heavy atom. The molecule has 2 aromatic carbocycles. The molecule has 0 aromatic heterocycles. The molecule has 134 valence electrons. The first-order chi connectivity index (χ1) is 12.1. The summed E-state index contributed by atoms with van der Waals surface area (Å²) in [6, 6.07) is 14.6. The van der Waals surface area contributed by atoms with Gasteiger partial charge >= 0.3 is 0 Å². The van der Waals surface area contributed by atoms with Crippen molar-refractivity contribution >= 4 is 29.1 Å². The average molecular weight is 381 g/mol. The number of para-hydroxylation sites is 1. The molecule has 25 heavy (non-hydrogen) atoms. The molecule has 1 atom stereocenters. The summed E-state index contributed by atoms with van der Waals surface area (Å²) in [7, 11) is 0. The van der Waals surface area contributed by atoms with Crippen LogP contribution in [-0.4, -0.2) is 54.6 Å². The minimum atomic E-state index is -0.399. The number of piperazine rings is 1. The number of hydrogen-bond acceptors (Lipinski definition) is 4. The number of benzene rings is 2. The van der Waals surface area contributed by atoms with Crippen molar-refractivity contribution in [2.24, 2.45) is 0 Å². The molecule has 1 aliphatic heterocycles. The molecular weight excluding hydrogens is 359 g/mol. The van der Waals surface area contributed by atoms with Crippen molar-refractivity contribution in [1.29, 1.82) is 0 Å². The summed E-state index contributed by atoms with van der Waals surface area (Å²) in [5, 5.41) is 11.0. The zero-order valence-corrected chi connectivity index (χ0v) is 15.5. The maximum Gasteiger partial charge on any atom is 0.146 e. The highest BCUT2D eigenvalue weighted by Crippen LogP contribution is 2.23. The summed E-state index contributed by atoms with van der Waals surface area (Å²) in [6.07, 6.45) is -0.399. The van der Waals surface area contributed by atoms with Gasteiger partial charge in [0, 0.05) is 48.4 Å². The fourth-order valence-electron chi connectivity index (χ4n) is 2.98. The van der Waals surface area contributed by atoms with Gasteiger partial charge in [0.15, 0.2) is 0 Å². The Morgan fingerprint density at radius 1 is 1.08 bits per heavy atom. The quantitative estimate of drug-likeness (QED) is 0.772. The van der Waals surface area contributed by atoms with Crippen LogP contribution in [0.2, 0.25) is 5.02 Å². The lowest BCUT2D eigenvalue weighted by molar-refractivity contribution is 0.126. The zero-order valence-electron chi connectivity index (χ0n) is 13.9. The number of nitrogens with zero attached hydrogens (tertiary/aromatic N) is 2. The smallest absolute Gasteiger partial charge is 0.146 e. The fraction of sp³-hybridized carbons (Fsp3) is 0.368. The van der Waals surface area contributed by atoms with Gasteiger partial charge in [-0.25, -0.2) is 4.39 Å². The van der Waals surface area contributed by atoms with Crippen LogP contribution in [0.3, 0.4) is 0 Å². The van der Waals surface area contributed by atoms with Crippen LogP contribution >= 0.6 is 23.4 Å². The van der Waals surface area contributed by atoms with Gasteiger partial charge in [-0.15, -0.1) is 11.8 Å². The van der Waals surface area contributed by atoms with Crippen LogP contribution in [0, 0.1) is 5.82 Å². The summed E-state index contributed by atoms with van der Waals surface area (Å²) in [4.78, 5) is 5.37. The summed E-state index contributed by atoms with van der Waals surface area (Å²) in [5.41, 5.74) is 0.666. The number of aliphatic hydroxyl groups excluding tert-OH is 1. The van der Waals surface area contributed by atoms with Crippen LogP contribution in [0.1, 0.15) is 0 Å². The summed E-state index contributed by atoms with van der Waals surface area (Å²) in [5.74, 6) is 0.460. The van der Waals surface area contributed by atoms with Crippen LogP contribution in [0.25, 0.3) is 0 Å². The Labute approximate surface area is 157 Å². The first kappa shape index (κ1) is 18.5. The Bertz CT molecular complexity index is 695. The van der Waals surface area contributed by atoms with Gasteiger partial charge in [0.25, 0.3) is 0 Å². The molecule has 3 rings (SSSR count). The van der Waals surface area contributed by atoms with E-state index < -0.39 is 6.10 Å². The molecule has 1 heterocycles. The first-order valence-corrected chi connectivity index (χ1v) is 9.76. The second-order valence-corrected chi connectivity index (χ2v) is 7.69. The third kappa shape index (κ3) is 5.35. The van der Waals surface area contributed by atoms with Crippen LogP contribution < -0.4 is 4.90 Å². The van der Waals surface area contributed by atoms with E-state index in [0.717, 1.165) is 31.1 Å². The van der Waals surface area contributed by atoms with Crippen molar-refractivity contribution in [2.75, 3.05) is 43.4 Å². The molecule has 0 bridgehead atoms. The topological polar surface area (TPSA) is 26.7 Å². The number of halogens is 2. The van der Waals surface area contributed by atoms with Crippen molar-refractivity contribution in [3.8, 4) is 0 Å². The highest BCUT2D eigenvalue weighted by atomic mass is 35.5. The predicted molar refractivity (Wildman–Crippen MR) is 103 cm³/mol. The maximum atomic E-state index is 13.9. The van der Waals surface area contributed by atoms with E-state index in [4.69, 9.17) is 11.6 Å². The molecule has 0 saturated carbocycles. The number of thioether (sulfide) groups is 1. The molecule has 1 aliphatic rings. The molecule has 3 nitrogen and oxygen atoms in total. The number of rotatable bonds is 6. The largest absolute Gasteiger partial charge is 0.391 e. The van der Waals surface area contributed by atoms with Gasteiger partial charge in [-0.05, 0) is 30.3 Å². The number of hydrogen-bond donors (Lipinski definition) is 1. The van der Waals surface area contributed by atoms with E-state index in [1.807, 2.05) is 36.4 Å². The van der Waals surface area contributed by atoms with E-state index in [2.05, 4.69) is 9.80 Å². The third-order valence-electron chi connectivity index (χ3n) is 4.27. The van der Waals surface area contributed by atoms with E-state index in [-0.39, 0.29) is 5.82 Å². The first-order valence-electron chi connectivity index (χ1n) is 8.40. The summed E-state index contributed by atoms with van der Waals surface area (Å²) in [6.45, 7) is 3.84. The van der Waals surface area contributed by atoms with E-state index in [1.165, 1.54) is 6.07 Å². The highest BCUT2D eigenvalue weighted by molar-refractivity contribution is 7.99. The SMILES string of the molecule is O[C@@H](CSc1cccc(Cl)c1)CN1CCN(c2ccccc2F)CC1. The Kier molecular flexibility index (Phi) is 6.59. The standard InChI is InChI=1S/C19H22ClFN2OS/c20-15-4-3-5-17(12-15)25-14-16(24)13-22-8-10-23(11-9-22)19-7-2-1-6-18(19)21/h1-7,12,16,24H,8-11,13-14H2/t16-/m1/s1. The van der Waals surface area contributed by atoms with E-state index >= 15 is 0 Å². The molecule has 6 heteroatoms. The van der Waals surface area contributed by atoms with E-state index in [0.29, 0.717) is 23.0 Å². The second-order valence-electron chi connectivity index (χ2n) is 6.16. The normalized spacial score (nSPS) is 16.8. The maximum absolute atomic E-state index is 13.9. The Morgan fingerprint density at radius 3 is 2.56 bits per heavy atom. The van der Waals surface area contributed by atoms with Crippen molar-refractivity contribution in [1.82, 2.24) is 4.90 Å². The summed E-state index contributed by atoms with van der Waals surface area (Å²) < 4.78 is 13.9. The fourth-order valence-corrected chi connectivity index (χ4v) is 4.11. The van der Waals surface area contributed by atoms with Crippen molar-refractivity contribution in [3.05, 3.63) is 59.4 Å². The second kappa shape index (κ2) is 8.90. The highest BCUT2D eigenvalue weighted by Gasteiger charge is 2.21. The molecule has 1 N–H and O–H groups in total. The molecule has 1 fully saturated rings. The molecule has 2 aromatic rings. The van der Waals surface area contributed by atoms with Gasteiger partial charge in [0.2, 0.25) is 0 Å². The predicted octanol–water partition coefficient (Wildman–Crippen LogP) is 3.75. The molecule has 0 radical (unpaired) electrons. The van der Waals surface area contributed by atoms with Crippen molar-refractivity contribution in [3.63, 3.8) is 0 Å². The van der Waals surface area contributed by atoms with Gasteiger partial charge in [0.05, 0.1) is 11.8 Å². The molecule has 1 saturated heterocycles. The molecule has 0 aliphatic carbocycles. The minimum Gasteiger partial charge on any atom is -0.391 e. The minimum absolute atomic E-state index is 0.172. The lowest BCUT2D eigenvalue weighted by atomic mass is 10.2. The van der Waals surface area contributed by atoms with Gasteiger partial charge < -0.3 is 10.0 Å². The summed E-state index contributed by atoms with van der Waals surface area (Å²) >= 11 is 7.59. The van der Waals surface area contributed by atoms with Gasteiger partial charge in [0.1, 0.15) is 5.82 Å². The molecule has 0 amide bonds. The van der Waals surface area contributed by atoms with Gasteiger partial charge in [-0.3, -0.25) is 4.90 Å². The van der Waals surface area contributed by atoms with Gasteiger partial charge in [-0.1, -0.05) is 29.8 Å². The molecule has 0 unspecified atom stereocenters. The van der Waals surface area contributed by atoms with E-state index in [9.17, 15) is 9.50 Å². The zero-order chi connectivity index (χ0) is 17.6. The van der Waals surface area contributed by atoms with Crippen LogP contribution in [0.15, 0.2) is 53.4 Å². The lowest BCUT2D eigenvalue weighted by Gasteiger charge is -2.37. The van der Waals surface area contributed by atoms with Crippen LogP contribution in [0.5, 0.6) is 0 Å². The number of β-amino-alcohol motifs (C(OH)–C–C–N with tert-alkyl or cyclic N) is 1. The number of aliphatic hydroxyl groups is 1. The molecular formula is C19H22ClFN2OS. The lowest BCUT2D eigenvalue weighted by Crippen LogP contribution is -2.49. The Balaban J connectivity index is 1.43.